The summed E-state index contributed by atoms with van der Waals surface area (Å²) in [6, 6.07) is 9.73. The van der Waals surface area contributed by atoms with Crippen LogP contribution in [-0.2, 0) is 16.1 Å². The van der Waals surface area contributed by atoms with Crippen LogP contribution in [0.2, 0.25) is 0 Å². The molecule has 1 amide bonds. The van der Waals surface area contributed by atoms with E-state index in [1.807, 2.05) is 6.07 Å². The number of ether oxygens (including phenoxy) is 1. The van der Waals surface area contributed by atoms with E-state index in [0.29, 0.717) is 12.8 Å². The number of benzene rings is 2. The molecule has 1 fully saturated rings. The molecule has 1 aliphatic rings. The lowest BCUT2D eigenvalue weighted by molar-refractivity contribution is -0.143. The zero-order valence-corrected chi connectivity index (χ0v) is 13.8. The van der Waals surface area contributed by atoms with Crippen molar-refractivity contribution in [2.24, 2.45) is 0 Å². The number of carbonyl (C=O) groups is 2. The van der Waals surface area contributed by atoms with E-state index in [2.05, 4.69) is 0 Å². The molecule has 0 bridgehead atoms. The third kappa shape index (κ3) is 3.82. The Kier molecular flexibility index (Phi) is 5.16. The van der Waals surface area contributed by atoms with Crippen LogP contribution in [0, 0.1) is 11.6 Å². The maximum atomic E-state index is 14.1. The minimum Gasteiger partial charge on any atom is -0.479 e. The Labute approximate surface area is 148 Å². The molecule has 1 atom stereocenters. The minimum atomic E-state index is -1.79. The van der Waals surface area contributed by atoms with E-state index >= 15 is 0 Å². The van der Waals surface area contributed by atoms with E-state index in [9.17, 15) is 23.5 Å². The average molecular weight is 361 g/mol. The molecule has 1 saturated carbocycles. The van der Waals surface area contributed by atoms with Crippen molar-refractivity contribution in [3.05, 3.63) is 71.3 Å². The number of carboxylic acids is 1. The molecule has 7 heteroatoms. The number of hydrogen-bond acceptors (Lipinski definition) is 3. The van der Waals surface area contributed by atoms with E-state index in [-0.39, 0.29) is 6.61 Å². The van der Waals surface area contributed by atoms with Crippen LogP contribution in [0.3, 0.4) is 0 Å². The highest BCUT2D eigenvalue weighted by molar-refractivity contribution is 5.82. The molecule has 0 saturated heterocycles. The lowest BCUT2D eigenvalue weighted by atomic mass is 10.0. The third-order valence-corrected chi connectivity index (χ3v) is 4.14. The summed E-state index contributed by atoms with van der Waals surface area (Å²) in [5.74, 6) is -3.55. The molecule has 0 heterocycles. The molecule has 5 nitrogen and oxygen atoms in total. The Morgan fingerprint density at radius 1 is 1.08 bits per heavy atom. The third-order valence-electron chi connectivity index (χ3n) is 4.14. The zero-order valence-electron chi connectivity index (χ0n) is 13.8. The second-order valence-electron chi connectivity index (χ2n) is 6.05. The summed E-state index contributed by atoms with van der Waals surface area (Å²) in [5, 5.41) is 9.57. The molecule has 1 aliphatic carbocycles. The lowest BCUT2D eigenvalue weighted by Crippen LogP contribution is -2.41. The van der Waals surface area contributed by atoms with Crippen LogP contribution in [0.4, 0.5) is 13.6 Å². The summed E-state index contributed by atoms with van der Waals surface area (Å²) in [4.78, 5) is 25.2. The normalized spacial score (nSPS) is 14.5. The standard InChI is InChI=1S/C19H17F2NO4/c20-14-7-4-8-15(21)16(14)17(18(23)24)22(13-9-10-13)19(25)26-11-12-5-2-1-3-6-12/h1-8,13,17H,9-11H2,(H,23,24). The van der Waals surface area contributed by atoms with Gasteiger partial charge in [0.25, 0.3) is 0 Å². The number of hydrogen-bond donors (Lipinski definition) is 1. The van der Waals surface area contributed by atoms with Gasteiger partial charge in [0.05, 0.1) is 5.56 Å². The van der Waals surface area contributed by atoms with Gasteiger partial charge in [0.2, 0.25) is 0 Å². The molecule has 2 aromatic carbocycles. The van der Waals surface area contributed by atoms with Crippen molar-refractivity contribution in [3.8, 4) is 0 Å². The molecular weight excluding hydrogens is 344 g/mol. The molecule has 3 rings (SSSR count). The van der Waals surface area contributed by atoms with Crippen LogP contribution in [0.15, 0.2) is 48.5 Å². The molecule has 0 spiro atoms. The van der Waals surface area contributed by atoms with Crippen molar-refractivity contribution in [2.75, 3.05) is 0 Å². The van der Waals surface area contributed by atoms with Gasteiger partial charge in [-0.15, -0.1) is 0 Å². The van der Waals surface area contributed by atoms with Gasteiger partial charge < -0.3 is 9.84 Å². The Hall–Kier alpha value is -2.96. The zero-order chi connectivity index (χ0) is 18.7. The number of aliphatic carboxylic acids is 1. The minimum absolute atomic E-state index is 0.0605. The molecule has 0 radical (unpaired) electrons. The summed E-state index contributed by atoms with van der Waals surface area (Å²) in [6.45, 7) is -0.0605. The highest BCUT2D eigenvalue weighted by atomic mass is 19.1. The van der Waals surface area contributed by atoms with Gasteiger partial charge in [0.1, 0.15) is 18.2 Å². The predicted molar refractivity (Wildman–Crippen MR) is 88.2 cm³/mol. The molecule has 136 valence electrons. The van der Waals surface area contributed by atoms with Crippen LogP contribution < -0.4 is 0 Å². The quantitative estimate of drug-likeness (QED) is 0.848. The fraction of sp³-hybridized carbons (Fsp3) is 0.263. The number of nitrogens with zero attached hydrogens (tertiary/aromatic N) is 1. The van der Waals surface area contributed by atoms with Gasteiger partial charge in [0, 0.05) is 6.04 Å². The lowest BCUT2D eigenvalue weighted by Gasteiger charge is -2.29. The number of rotatable bonds is 6. The van der Waals surface area contributed by atoms with Crippen molar-refractivity contribution >= 4 is 12.1 Å². The summed E-state index contributed by atoms with van der Waals surface area (Å²) in [5.41, 5.74) is 0.0594. The molecule has 26 heavy (non-hydrogen) atoms. The maximum absolute atomic E-state index is 14.1. The second-order valence-corrected chi connectivity index (χ2v) is 6.05. The van der Waals surface area contributed by atoms with Gasteiger partial charge in [-0.1, -0.05) is 36.4 Å². The van der Waals surface area contributed by atoms with Crippen molar-refractivity contribution < 1.29 is 28.2 Å². The molecule has 0 aliphatic heterocycles. The first kappa shape index (κ1) is 17.8. The van der Waals surface area contributed by atoms with Gasteiger partial charge >= 0.3 is 12.1 Å². The predicted octanol–water partition coefficient (Wildman–Crippen LogP) is 3.89. The van der Waals surface area contributed by atoms with Crippen LogP contribution >= 0.6 is 0 Å². The first-order chi connectivity index (χ1) is 12.5. The van der Waals surface area contributed by atoms with E-state index in [1.54, 1.807) is 24.3 Å². The second kappa shape index (κ2) is 7.51. The summed E-state index contributed by atoms with van der Waals surface area (Å²) in [7, 11) is 0. The highest BCUT2D eigenvalue weighted by Crippen LogP contribution is 2.37. The average Bonchev–Trinajstić information content (AvgIpc) is 3.44. The number of amides is 1. The summed E-state index contributed by atoms with van der Waals surface area (Å²) < 4.78 is 33.5. The van der Waals surface area contributed by atoms with Crippen molar-refractivity contribution in [2.45, 2.75) is 31.5 Å². The summed E-state index contributed by atoms with van der Waals surface area (Å²) in [6.07, 6.45) is 0.201. The van der Waals surface area contributed by atoms with Crippen molar-refractivity contribution in [1.82, 2.24) is 4.90 Å². The maximum Gasteiger partial charge on any atom is 0.411 e. The first-order valence-electron chi connectivity index (χ1n) is 8.14. The molecule has 0 aromatic heterocycles. The van der Waals surface area contributed by atoms with Crippen LogP contribution in [0.25, 0.3) is 0 Å². The van der Waals surface area contributed by atoms with Crippen LogP contribution in [-0.4, -0.2) is 28.1 Å². The van der Waals surface area contributed by atoms with E-state index < -0.39 is 41.3 Å². The molecule has 1 unspecified atom stereocenters. The Bertz CT molecular complexity index is 788. The van der Waals surface area contributed by atoms with Crippen LogP contribution in [0.1, 0.15) is 30.0 Å². The molecular formula is C19H17F2NO4. The number of carbonyl (C=O) groups excluding carboxylic acids is 1. The summed E-state index contributed by atoms with van der Waals surface area (Å²) >= 11 is 0. The van der Waals surface area contributed by atoms with E-state index in [1.165, 1.54) is 0 Å². The molecule has 1 N–H and O–H groups in total. The fourth-order valence-corrected chi connectivity index (χ4v) is 2.77. The highest BCUT2D eigenvalue weighted by Gasteiger charge is 2.44. The first-order valence-corrected chi connectivity index (χ1v) is 8.14. The Morgan fingerprint density at radius 3 is 2.23 bits per heavy atom. The topological polar surface area (TPSA) is 66.8 Å². The largest absolute Gasteiger partial charge is 0.479 e. The Morgan fingerprint density at radius 2 is 1.69 bits per heavy atom. The monoisotopic (exact) mass is 361 g/mol. The van der Waals surface area contributed by atoms with E-state index in [0.717, 1.165) is 28.7 Å². The van der Waals surface area contributed by atoms with Crippen molar-refractivity contribution in [3.63, 3.8) is 0 Å². The van der Waals surface area contributed by atoms with Gasteiger partial charge in [-0.2, -0.15) is 0 Å². The number of carboxylic acid groups (broad SMARTS) is 1. The van der Waals surface area contributed by atoms with Gasteiger partial charge in [-0.3, -0.25) is 4.90 Å². The van der Waals surface area contributed by atoms with E-state index in [4.69, 9.17) is 4.74 Å². The van der Waals surface area contributed by atoms with Crippen LogP contribution in [0.5, 0.6) is 0 Å². The van der Waals surface area contributed by atoms with Gasteiger partial charge in [-0.05, 0) is 30.5 Å². The number of halogens is 2. The smallest absolute Gasteiger partial charge is 0.411 e. The van der Waals surface area contributed by atoms with Gasteiger partial charge in [-0.25, -0.2) is 18.4 Å². The Balaban J connectivity index is 1.87. The fourth-order valence-electron chi connectivity index (χ4n) is 2.77. The van der Waals surface area contributed by atoms with Crippen molar-refractivity contribution in [1.29, 1.82) is 0 Å². The van der Waals surface area contributed by atoms with Gasteiger partial charge in [0.15, 0.2) is 6.04 Å². The molecule has 2 aromatic rings. The SMILES string of the molecule is O=C(O)C(c1c(F)cccc1F)N(C(=O)OCc1ccccc1)C1CC1.